The van der Waals surface area contributed by atoms with Gasteiger partial charge in [0.25, 0.3) is 0 Å². The molecule has 1 unspecified atom stereocenters. The second-order valence-electron chi connectivity index (χ2n) is 4.74. The van der Waals surface area contributed by atoms with Crippen molar-refractivity contribution in [2.75, 3.05) is 5.32 Å². The molecule has 1 N–H and O–H groups in total. The number of fused-ring (bicyclic) bond motifs is 1. The van der Waals surface area contributed by atoms with Gasteiger partial charge in [-0.2, -0.15) is 0 Å². The summed E-state index contributed by atoms with van der Waals surface area (Å²) in [6.07, 6.45) is 0. The van der Waals surface area contributed by atoms with E-state index in [9.17, 15) is 0 Å². The van der Waals surface area contributed by atoms with Crippen LogP contribution in [0.3, 0.4) is 0 Å². The van der Waals surface area contributed by atoms with Crippen LogP contribution in [0.5, 0.6) is 0 Å². The third-order valence-electron chi connectivity index (χ3n) is 2.99. The smallest absolute Gasteiger partial charge is 0.139 e. The van der Waals surface area contributed by atoms with Crippen LogP contribution in [0.4, 0.5) is 5.82 Å². The van der Waals surface area contributed by atoms with Crippen molar-refractivity contribution in [2.45, 2.75) is 33.7 Å². The number of hydrogen-bond acceptors (Lipinski definition) is 7. The molecule has 104 valence electrons. The lowest BCUT2D eigenvalue weighted by molar-refractivity contribution is 0.829. The summed E-state index contributed by atoms with van der Waals surface area (Å²) in [4.78, 5) is 10.1. The van der Waals surface area contributed by atoms with Gasteiger partial charge in [-0.3, -0.25) is 0 Å². The molecule has 3 heterocycles. The number of aromatic nitrogens is 4. The molecule has 20 heavy (non-hydrogen) atoms. The topological polar surface area (TPSA) is 63.6 Å². The van der Waals surface area contributed by atoms with Crippen LogP contribution in [0.1, 0.15) is 34.4 Å². The first-order valence-electron chi connectivity index (χ1n) is 6.33. The second-order valence-corrected chi connectivity index (χ2v) is 6.81. The Balaban J connectivity index is 1.99. The van der Waals surface area contributed by atoms with E-state index in [1.165, 1.54) is 5.56 Å². The molecule has 0 radical (unpaired) electrons. The quantitative estimate of drug-likeness (QED) is 0.800. The van der Waals surface area contributed by atoms with Crippen molar-refractivity contribution in [1.82, 2.24) is 20.2 Å². The van der Waals surface area contributed by atoms with Crippen LogP contribution in [0, 0.1) is 20.8 Å². The van der Waals surface area contributed by atoms with Crippen molar-refractivity contribution in [3.63, 3.8) is 0 Å². The molecule has 0 amide bonds. The van der Waals surface area contributed by atoms with Crippen LogP contribution in [-0.4, -0.2) is 20.2 Å². The third kappa shape index (κ3) is 2.38. The highest BCUT2D eigenvalue weighted by Gasteiger charge is 2.15. The zero-order chi connectivity index (χ0) is 14.3. The molecule has 1 atom stereocenters. The van der Waals surface area contributed by atoms with Crippen LogP contribution in [0.15, 0.2) is 5.38 Å². The minimum atomic E-state index is 0.0815. The summed E-state index contributed by atoms with van der Waals surface area (Å²) in [6.45, 7) is 8.04. The molecule has 0 spiro atoms. The van der Waals surface area contributed by atoms with E-state index in [0.717, 1.165) is 31.9 Å². The first-order chi connectivity index (χ1) is 9.54. The number of nitrogens with one attached hydrogen (secondary N) is 1. The predicted octanol–water partition coefficient (Wildman–Crippen LogP) is 3.64. The highest BCUT2D eigenvalue weighted by Crippen LogP contribution is 2.31. The summed E-state index contributed by atoms with van der Waals surface area (Å²) in [7, 11) is 0. The van der Waals surface area contributed by atoms with Crippen molar-refractivity contribution in [3.8, 4) is 0 Å². The van der Waals surface area contributed by atoms with Crippen LogP contribution in [-0.2, 0) is 0 Å². The average molecular weight is 305 g/mol. The summed E-state index contributed by atoms with van der Waals surface area (Å²) in [6, 6.07) is 0.0815. The zero-order valence-electron chi connectivity index (χ0n) is 11.8. The normalized spacial score (nSPS) is 12.8. The van der Waals surface area contributed by atoms with Gasteiger partial charge in [0, 0.05) is 0 Å². The van der Waals surface area contributed by atoms with E-state index in [-0.39, 0.29) is 6.04 Å². The Kier molecular flexibility index (Phi) is 3.39. The van der Waals surface area contributed by atoms with Gasteiger partial charge in [-0.05, 0) is 38.6 Å². The second kappa shape index (κ2) is 5.06. The Morgan fingerprint density at radius 3 is 2.65 bits per heavy atom. The molecule has 0 saturated carbocycles. The Morgan fingerprint density at radius 2 is 1.95 bits per heavy atom. The van der Waals surface area contributed by atoms with Gasteiger partial charge in [0.05, 0.1) is 11.4 Å². The molecule has 0 fully saturated rings. The standard InChI is InChI=1S/C13H15N5S2/c1-6-5-19-13-10(6)11(15-8(3)16-13)14-7(2)12-18-17-9(4)20-12/h5,7H,1-4H3,(H,14,15,16). The maximum absolute atomic E-state index is 4.55. The van der Waals surface area contributed by atoms with E-state index in [0.29, 0.717) is 0 Å². The van der Waals surface area contributed by atoms with Gasteiger partial charge in [-0.25, -0.2) is 9.97 Å². The molecule has 0 saturated heterocycles. The molecule has 0 bridgehead atoms. The monoisotopic (exact) mass is 305 g/mol. The highest BCUT2D eigenvalue weighted by atomic mass is 32.1. The van der Waals surface area contributed by atoms with Gasteiger partial charge in [0.1, 0.15) is 26.5 Å². The van der Waals surface area contributed by atoms with Crippen molar-refractivity contribution < 1.29 is 0 Å². The van der Waals surface area contributed by atoms with Crippen molar-refractivity contribution in [3.05, 3.63) is 26.8 Å². The van der Waals surface area contributed by atoms with E-state index < -0.39 is 0 Å². The summed E-state index contributed by atoms with van der Waals surface area (Å²) in [5.74, 6) is 1.66. The van der Waals surface area contributed by atoms with Gasteiger partial charge < -0.3 is 5.32 Å². The highest BCUT2D eigenvalue weighted by molar-refractivity contribution is 7.17. The predicted molar refractivity (Wildman–Crippen MR) is 83.6 cm³/mol. The molecule has 7 heteroatoms. The van der Waals surface area contributed by atoms with E-state index in [1.807, 2.05) is 13.8 Å². The van der Waals surface area contributed by atoms with Crippen LogP contribution in [0.25, 0.3) is 10.2 Å². The fraction of sp³-hybridized carbons (Fsp3) is 0.385. The van der Waals surface area contributed by atoms with Gasteiger partial charge in [0.15, 0.2) is 0 Å². The molecule has 5 nitrogen and oxygen atoms in total. The van der Waals surface area contributed by atoms with Crippen LogP contribution >= 0.6 is 22.7 Å². The molecular weight excluding hydrogens is 290 g/mol. The van der Waals surface area contributed by atoms with Gasteiger partial charge in [-0.1, -0.05) is 11.3 Å². The molecule has 0 aliphatic heterocycles. The fourth-order valence-corrected chi connectivity index (χ4v) is 3.72. The van der Waals surface area contributed by atoms with Crippen molar-refractivity contribution in [2.24, 2.45) is 0 Å². The lowest BCUT2D eigenvalue weighted by Crippen LogP contribution is -2.09. The van der Waals surface area contributed by atoms with E-state index >= 15 is 0 Å². The van der Waals surface area contributed by atoms with Crippen molar-refractivity contribution in [1.29, 1.82) is 0 Å². The maximum Gasteiger partial charge on any atom is 0.139 e. The molecule has 0 aromatic carbocycles. The summed E-state index contributed by atoms with van der Waals surface area (Å²) in [5, 5.41) is 16.9. The number of rotatable bonds is 3. The Morgan fingerprint density at radius 1 is 1.15 bits per heavy atom. The maximum atomic E-state index is 4.55. The number of nitrogens with zero attached hydrogens (tertiary/aromatic N) is 4. The SMILES string of the molecule is Cc1nc(NC(C)c2nnc(C)s2)c2c(C)csc2n1. The van der Waals surface area contributed by atoms with Gasteiger partial charge >= 0.3 is 0 Å². The summed E-state index contributed by atoms with van der Waals surface area (Å²) >= 11 is 3.26. The number of anilines is 1. The minimum absolute atomic E-state index is 0.0815. The number of aryl methyl sites for hydroxylation is 3. The zero-order valence-corrected chi connectivity index (χ0v) is 13.4. The fourth-order valence-electron chi connectivity index (χ4n) is 2.05. The molecule has 0 aliphatic rings. The summed E-state index contributed by atoms with van der Waals surface area (Å²) in [5.41, 5.74) is 1.20. The lowest BCUT2D eigenvalue weighted by atomic mass is 10.2. The number of thiophene rings is 1. The molecular formula is C13H15N5S2. The molecule has 3 aromatic heterocycles. The Hall–Kier alpha value is -1.60. The van der Waals surface area contributed by atoms with Gasteiger partial charge in [-0.15, -0.1) is 21.5 Å². The largest absolute Gasteiger partial charge is 0.360 e. The first kappa shape index (κ1) is 13.4. The Bertz CT molecular complexity index is 761. The number of hydrogen-bond donors (Lipinski definition) is 1. The van der Waals surface area contributed by atoms with Crippen LogP contribution in [0.2, 0.25) is 0 Å². The van der Waals surface area contributed by atoms with E-state index in [2.05, 4.69) is 44.7 Å². The van der Waals surface area contributed by atoms with Gasteiger partial charge in [0.2, 0.25) is 0 Å². The lowest BCUT2D eigenvalue weighted by Gasteiger charge is -2.13. The van der Waals surface area contributed by atoms with E-state index in [1.54, 1.807) is 22.7 Å². The Labute approximate surface area is 125 Å². The molecule has 0 aliphatic carbocycles. The first-order valence-corrected chi connectivity index (χ1v) is 8.03. The van der Waals surface area contributed by atoms with Crippen molar-refractivity contribution >= 4 is 38.7 Å². The molecule has 3 rings (SSSR count). The minimum Gasteiger partial charge on any atom is -0.360 e. The van der Waals surface area contributed by atoms with Crippen LogP contribution < -0.4 is 5.32 Å². The van der Waals surface area contributed by atoms with E-state index in [4.69, 9.17) is 0 Å². The third-order valence-corrected chi connectivity index (χ3v) is 5.01. The summed E-state index contributed by atoms with van der Waals surface area (Å²) < 4.78 is 0. The average Bonchev–Trinajstić information content (AvgIpc) is 2.96. The molecule has 3 aromatic rings.